The Morgan fingerprint density at radius 2 is 2.10 bits per heavy atom. The number of hydrogen-bond donors (Lipinski definition) is 0. The highest BCUT2D eigenvalue weighted by Gasteiger charge is 2.19. The van der Waals surface area contributed by atoms with Gasteiger partial charge in [0.25, 0.3) is 0 Å². The van der Waals surface area contributed by atoms with Crippen LogP contribution in [0.3, 0.4) is 0 Å². The third-order valence-corrected chi connectivity index (χ3v) is 3.39. The van der Waals surface area contributed by atoms with E-state index in [4.69, 9.17) is 0 Å². The van der Waals surface area contributed by atoms with Crippen LogP contribution in [0.5, 0.6) is 0 Å². The van der Waals surface area contributed by atoms with Crippen LogP contribution in [0.4, 0.5) is 5.13 Å². The van der Waals surface area contributed by atoms with Gasteiger partial charge in [-0.1, -0.05) is 35.4 Å². The molecule has 0 radical (unpaired) electrons. The number of aliphatic imine (C=N–C) groups is 1. The number of rotatable bonds is 5. The van der Waals surface area contributed by atoms with Crippen molar-refractivity contribution in [1.29, 1.82) is 0 Å². The van der Waals surface area contributed by atoms with Crippen LogP contribution in [0.25, 0.3) is 0 Å². The zero-order valence-electron chi connectivity index (χ0n) is 11.8. The SMILES string of the molecule is Cc1n[n+](CC(=O)c2ccccc2)c(N=CN(C)C)s1. The van der Waals surface area contributed by atoms with Crippen LogP contribution in [-0.2, 0) is 6.54 Å². The summed E-state index contributed by atoms with van der Waals surface area (Å²) in [6, 6.07) is 9.23. The van der Waals surface area contributed by atoms with Crippen molar-refractivity contribution < 1.29 is 9.48 Å². The van der Waals surface area contributed by atoms with E-state index in [1.165, 1.54) is 11.3 Å². The average molecular weight is 289 g/mol. The molecule has 104 valence electrons. The van der Waals surface area contributed by atoms with E-state index in [1.807, 2.05) is 56.3 Å². The molecule has 0 fully saturated rings. The predicted octanol–water partition coefficient (Wildman–Crippen LogP) is 1.84. The van der Waals surface area contributed by atoms with E-state index in [0.717, 1.165) is 10.1 Å². The Labute approximate surface area is 122 Å². The third kappa shape index (κ3) is 3.71. The lowest BCUT2D eigenvalue weighted by atomic mass is 10.1. The summed E-state index contributed by atoms with van der Waals surface area (Å²) >= 11 is 1.47. The zero-order chi connectivity index (χ0) is 14.5. The normalized spacial score (nSPS) is 10.9. The Bertz CT molecular complexity index is 619. The van der Waals surface area contributed by atoms with E-state index in [9.17, 15) is 4.79 Å². The van der Waals surface area contributed by atoms with Crippen LogP contribution in [0.1, 0.15) is 15.4 Å². The molecule has 20 heavy (non-hydrogen) atoms. The number of aryl methyl sites for hydroxylation is 1. The monoisotopic (exact) mass is 289 g/mol. The van der Waals surface area contributed by atoms with Crippen molar-refractivity contribution in [3.05, 3.63) is 40.9 Å². The van der Waals surface area contributed by atoms with Crippen LogP contribution in [0.2, 0.25) is 0 Å². The summed E-state index contributed by atoms with van der Waals surface area (Å²) in [4.78, 5) is 18.4. The Morgan fingerprint density at radius 1 is 1.40 bits per heavy atom. The lowest BCUT2D eigenvalue weighted by molar-refractivity contribution is -0.724. The van der Waals surface area contributed by atoms with Crippen LogP contribution >= 0.6 is 11.3 Å². The van der Waals surface area contributed by atoms with Crippen LogP contribution in [-0.4, -0.2) is 36.2 Å². The second kappa shape index (κ2) is 6.38. The van der Waals surface area contributed by atoms with Gasteiger partial charge in [-0.2, -0.15) is 0 Å². The fourth-order valence-corrected chi connectivity index (χ4v) is 2.34. The predicted molar refractivity (Wildman–Crippen MR) is 79.7 cm³/mol. The van der Waals surface area contributed by atoms with E-state index in [2.05, 4.69) is 10.1 Å². The van der Waals surface area contributed by atoms with Gasteiger partial charge in [-0.3, -0.25) is 4.79 Å². The van der Waals surface area contributed by atoms with Crippen LogP contribution in [0.15, 0.2) is 35.3 Å². The number of nitrogens with zero attached hydrogens (tertiary/aromatic N) is 4. The van der Waals surface area contributed by atoms with Crippen molar-refractivity contribution in [2.24, 2.45) is 4.99 Å². The molecule has 0 saturated heterocycles. The Hall–Kier alpha value is -2.08. The van der Waals surface area contributed by atoms with Gasteiger partial charge in [0.15, 0.2) is 6.54 Å². The molecule has 0 amide bonds. The van der Waals surface area contributed by atoms with Crippen molar-refractivity contribution in [3.63, 3.8) is 0 Å². The number of hydrogen-bond acceptors (Lipinski definition) is 4. The molecule has 0 bridgehead atoms. The van der Waals surface area contributed by atoms with Gasteiger partial charge in [0, 0.05) is 19.7 Å². The largest absolute Gasteiger partial charge is 0.406 e. The van der Waals surface area contributed by atoms with Crippen LogP contribution in [0, 0.1) is 6.92 Å². The summed E-state index contributed by atoms with van der Waals surface area (Å²) < 4.78 is 1.65. The summed E-state index contributed by atoms with van der Waals surface area (Å²) in [6.45, 7) is 2.11. The molecule has 0 aliphatic heterocycles. The van der Waals surface area contributed by atoms with Crippen molar-refractivity contribution in [3.8, 4) is 0 Å². The first-order chi connectivity index (χ1) is 9.56. The zero-order valence-corrected chi connectivity index (χ0v) is 12.6. The highest BCUT2D eigenvalue weighted by molar-refractivity contribution is 7.14. The number of Topliss-reactive ketones (excluding diaryl/α,β-unsaturated/α-hetero) is 1. The minimum absolute atomic E-state index is 0.0298. The molecule has 0 spiro atoms. The number of carbonyl (C=O) groups is 1. The minimum atomic E-state index is 0.0298. The molecule has 2 aromatic rings. The highest BCUT2D eigenvalue weighted by atomic mass is 32.1. The molecule has 0 N–H and O–H groups in total. The first-order valence-corrected chi connectivity index (χ1v) is 7.04. The molecule has 1 heterocycles. The van der Waals surface area contributed by atoms with Gasteiger partial charge >= 0.3 is 5.13 Å². The molecular formula is C14H17N4OS+. The molecule has 1 aromatic heterocycles. The first-order valence-electron chi connectivity index (χ1n) is 6.22. The molecule has 0 unspecified atom stereocenters. The quantitative estimate of drug-likeness (QED) is 0.365. The maximum atomic E-state index is 12.2. The second-order valence-electron chi connectivity index (χ2n) is 4.56. The van der Waals surface area contributed by atoms with Gasteiger partial charge in [0.05, 0.1) is 0 Å². The van der Waals surface area contributed by atoms with Crippen LogP contribution < -0.4 is 4.68 Å². The maximum Gasteiger partial charge on any atom is 0.406 e. The molecule has 0 aliphatic carbocycles. The van der Waals surface area contributed by atoms with Crippen molar-refractivity contribution in [2.75, 3.05) is 14.1 Å². The van der Waals surface area contributed by atoms with Crippen molar-refractivity contribution >= 4 is 28.6 Å². The van der Waals surface area contributed by atoms with E-state index in [1.54, 1.807) is 11.0 Å². The average Bonchev–Trinajstić information content (AvgIpc) is 2.77. The van der Waals surface area contributed by atoms with Crippen molar-refractivity contribution in [1.82, 2.24) is 10.00 Å². The second-order valence-corrected chi connectivity index (χ2v) is 5.72. The van der Waals surface area contributed by atoms with E-state index in [0.29, 0.717) is 5.56 Å². The molecule has 0 aliphatic rings. The smallest absolute Gasteiger partial charge is 0.348 e. The molecule has 2 rings (SSSR count). The molecule has 1 aromatic carbocycles. The number of ketones is 1. The summed E-state index contributed by atoms with van der Waals surface area (Å²) in [5.41, 5.74) is 0.688. The third-order valence-electron chi connectivity index (χ3n) is 2.51. The fraction of sp³-hybridized carbons (Fsp3) is 0.286. The highest BCUT2D eigenvalue weighted by Crippen LogP contribution is 2.15. The number of benzene rings is 1. The van der Waals surface area contributed by atoms with Gasteiger partial charge in [0.1, 0.15) is 5.01 Å². The summed E-state index contributed by atoms with van der Waals surface area (Å²) in [5.74, 6) is 0.0298. The lowest BCUT2D eigenvalue weighted by Crippen LogP contribution is -2.40. The minimum Gasteiger partial charge on any atom is -0.348 e. The van der Waals surface area contributed by atoms with Crippen molar-refractivity contribution in [2.45, 2.75) is 13.5 Å². The standard InChI is InChI=1S/C14H17N4OS/c1-11-16-18(14(20-11)15-10-17(2)3)9-13(19)12-7-5-4-6-8-12/h4-8,10H,9H2,1-3H3/q+1. The summed E-state index contributed by atoms with van der Waals surface area (Å²) in [6.07, 6.45) is 1.70. The van der Waals surface area contributed by atoms with E-state index in [-0.39, 0.29) is 12.3 Å². The van der Waals surface area contributed by atoms with Gasteiger partial charge in [0.2, 0.25) is 12.1 Å². The number of aromatic nitrogens is 2. The Kier molecular flexibility index (Phi) is 4.57. The molecular weight excluding hydrogens is 272 g/mol. The summed E-state index contributed by atoms with van der Waals surface area (Å²) in [5, 5.41) is 5.94. The summed E-state index contributed by atoms with van der Waals surface area (Å²) in [7, 11) is 3.80. The van der Waals surface area contributed by atoms with Gasteiger partial charge in [-0.15, -0.1) is 4.68 Å². The first kappa shape index (κ1) is 14.3. The Balaban J connectivity index is 2.19. The maximum absolute atomic E-state index is 12.2. The lowest BCUT2D eigenvalue weighted by Gasteiger charge is -1.98. The molecule has 0 saturated carbocycles. The van der Waals surface area contributed by atoms with E-state index < -0.39 is 0 Å². The number of carbonyl (C=O) groups excluding carboxylic acids is 1. The van der Waals surface area contributed by atoms with Gasteiger partial charge in [-0.25, -0.2) is 0 Å². The Morgan fingerprint density at radius 3 is 2.75 bits per heavy atom. The molecule has 6 heteroatoms. The fourth-order valence-electron chi connectivity index (χ4n) is 1.63. The topological polar surface area (TPSA) is 49.4 Å². The van der Waals surface area contributed by atoms with E-state index >= 15 is 0 Å². The van der Waals surface area contributed by atoms with Gasteiger partial charge < -0.3 is 4.90 Å². The van der Waals surface area contributed by atoms with Gasteiger partial charge in [-0.05, 0) is 23.3 Å². The molecule has 5 nitrogen and oxygen atoms in total. The molecule has 0 atom stereocenters.